The molecule has 1 unspecified atom stereocenters. The van der Waals surface area contributed by atoms with Crippen molar-refractivity contribution in [2.24, 2.45) is 5.41 Å². The predicted molar refractivity (Wildman–Crippen MR) is 65.0 cm³/mol. The largest absolute Gasteiger partial charge is 0.313 e. The third kappa shape index (κ3) is 3.07. The summed E-state index contributed by atoms with van der Waals surface area (Å²) in [6, 6.07) is 11.5. The van der Waals surface area contributed by atoms with Gasteiger partial charge in [-0.05, 0) is 17.4 Å². The SMILES string of the molecule is CC(C)(C)CN[C@@H]1CC1c1ccccc1. The summed E-state index contributed by atoms with van der Waals surface area (Å²) in [7, 11) is 0. The highest BCUT2D eigenvalue weighted by Crippen LogP contribution is 2.40. The standard InChI is InChI=1S/C14H21N/c1-14(2,3)10-15-13-9-12(13)11-7-5-4-6-8-11/h4-8,12-13,15H,9-10H2,1-3H3/t12?,13-/m1/s1. The van der Waals surface area contributed by atoms with Crippen molar-refractivity contribution in [2.75, 3.05) is 6.54 Å². The van der Waals surface area contributed by atoms with Crippen LogP contribution >= 0.6 is 0 Å². The molecule has 1 saturated carbocycles. The van der Waals surface area contributed by atoms with Crippen LogP contribution in [0.2, 0.25) is 0 Å². The Hall–Kier alpha value is -0.820. The Morgan fingerprint density at radius 1 is 1.20 bits per heavy atom. The molecule has 1 fully saturated rings. The summed E-state index contributed by atoms with van der Waals surface area (Å²) in [6.45, 7) is 7.95. The molecule has 2 atom stereocenters. The summed E-state index contributed by atoms with van der Waals surface area (Å²) in [5, 5.41) is 3.65. The highest BCUT2D eigenvalue weighted by atomic mass is 15.0. The monoisotopic (exact) mass is 203 g/mol. The van der Waals surface area contributed by atoms with E-state index in [0.717, 1.165) is 12.5 Å². The molecule has 0 radical (unpaired) electrons. The van der Waals surface area contributed by atoms with Crippen molar-refractivity contribution in [3.8, 4) is 0 Å². The van der Waals surface area contributed by atoms with Crippen LogP contribution in [0.3, 0.4) is 0 Å². The first kappa shape index (κ1) is 10.7. The van der Waals surface area contributed by atoms with Gasteiger partial charge in [-0.1, -0.05) is 51.1 Å². The zero-order chi connectivity index (χ0) is 10.9. The van der Waals surface area contributed by atoms with E-state index in [1.54, 1.807) is 0 Å². The van der Waals surface area contributed by atoms with E-state index in [2.05, 4.69) is 56.4 Å². The second-order valence-corrected chi connectivity index (χ2v) is 5.80. The first-order chi connectivity index (χ1) is 7.06. The predicted octanol–water partition coefficient (Wildman–Crippen LogP) is 3.18. The fourth-order valence-corrected chi connectivity index (χ4v) is 1.93. The van der Waals surface area contributed by atoms with E-state index in [-0.39, 0.29) is 0 Å². The Balaban J connectivity index is 1.82. The van der Waals surface area contributed by atoms with Gasteiger partial charge in [-0.2, -0.15) is 0 Å². The Kier molecular flexibility index (Phi) is 2.83. The number of hydrogen-bond donors (Lipinski definition) is 1. The van der Waals surface area contributed by atoms with Gasteiger partial charge in [-0.15, -0.1) is 0 Å². The summed E-state index contributed by atoms with van der Waals surface area (Å²) in [6.07, 6.45) is 1.31. The number of benzene rings is 1. The zero-order valence-electron chi connectivity index (χ0n) is 9.96. The summed E-state index contributed by atoms with van der Waals surface area (Å²) >= 11 is 0. The molecule has 0 bridgehead atoms. The Morgan fingerprint density at radius 3 is 2.47 bits per heavy atom. The van der Waals surface area contributed by atoms with Crippen molar-refractivity contribution in [2.45, 2.75) is 39.2 Å². The second-order valence-electron chi connectivity index (χ2n) is 5.80. The maximum atomic E-state index is 3.65. The third-order valence-corrected chi connectivity index (χ3v) is 2.91. The molecule has 1 nitrogen and oxygen atoms in total. The van der Waals surface area contributed by atoms with Crippen molar-refractivity contribution in [3.05, 3.63) is 35.9 Å². The van der Waals surface area contributed by atoms with Crippen LogP contribution in [0.15, 0.2) is 30.3 Å². The van der Waals surface area contributed by atoms with Crippen LogP contribution < -0.4 is 5.32 Å². The molecule has 1 heteroatoms. The molecular weight excluding hydrogens is 182 g/mol. The highest BCUT2D eigenvalue weighted by Gasteiger charge is 2.38. The normalized spacial score (nSPS) is 25.3. The molecule has 0 heterocycles. The summed E-state index contributed by atoms with van der Waals surface area (Å²) in [5.74, 6) is 0.758. The second kappa shape index (κ2) is 3.97. The summed E-state index contributed by atoms with van der Waals surface area (Å²) in [5.41, 5.74) is 1.88. The molecule has 15 heavy (non-hydrogen) atoms. The lowest BCUT2D eigenvalue weighted by atomic mass is 9.97. The van der Waals surface area contributed by atoms with Crippen molar-refractivity contribution in [1.29, 1.82) is 0 Å². The molecule has 82 valence electrons. The van der Waals surface area contributed by atoms with Gasteiger partial charge in [0.05, 0.1) is 0 Å². The Bertz CT molecular complexity index is 310. The lowest BCUT2D eigenvalue weighted by Crippen LogP contribution is -2.29. The number of nitrogens with one attached hydrogen (secondary N) is 1. The van der Waals surface area contributed by atoms with E-state index in [9.17, 15) is 0 Å². The van der Waals surface area contributed by atoms with Gasteiger partial charge in [-0.25, -0.2) is 0 Å². The molecule has 1 aliphatic rings. The average Bonchev–Trinajstić information content (AvgIpc) is 2.94. The van der Waals surface area contributed by atoms with Crippen LogP contribution in [-0.2, 0) is 0 Å². The van der Waals surface area contributed by atoms with Crippen LogP contribution in [-0.4, -0.2) is 12.6 Å². The summed E-state index contributed by atoms with van der Waals surface area (Å²) in [4.78, 5) is 0. The van der Waals surface area contributed by atoms with E-state index in [0.29, 0.717) is 11.5 Å². The quantitative estimate of drug-likeness (QED) is 0.795. The van der Waals surface area contributed by atoms with Crippen LogP contribution in [0, 0.1) is 5.41 Å². The molecular formula is C14H21N. The molecule has 2 rings (SSSR count). The van der Waals surface area contributed by atoms with Crippen molar-refractivity contribution >= 4 is 0 Å². The maximum Gasteiger partial charge on any atom is 0.0143 e. The molecule has 1 aromatic carbocycles. The lowest BCUT2D eigenvalue weighted by Gasteiger charge is -2.18. The first-order valence-electron chi connectivity index (χ1n) is 5.84. The van der Waals surface area contributed by atoms with Crippen LogP contribution in [0.1, 0.15) is 38.7 Å². The smallest absolute Gasteiger partial charge is 0.0143 e. The van der Waals surface area contributed by atoms with Crippen LogP contribution in [0.5, 0.6) is 0 Å². The minimum atomic E-state index is 0.393. The van der Waals surface area contributed by atoms with Gasteiger partial charge in [-0.3, -0.25) is 0 Å². The molecule has 1 aliphatic carbocycles. The topological polar surface area (TPSA) is 12.0 Å². The van der Waals surface area contributed by atoms with Crippen molar-refractivity contribution < 1.29 is 0 Å². The van der Waals surface area contributed by atoms with Gasteiger partial charge in [0.2, 0.25) is 0 Å². The van der Waals surface area contributed by atoms with E-state index in [1.165, 1.54) is 12.0 Å². The lowest BCUT2D eigenvalue weighted by molar-refractivity contribution is 0.377. The van der Waals surface area contributed by atoms with Crippen molar-refractivity contribution in [3.63, 3.8) is 0 Å². The van der Waals surface area contributed by atoms with E-state index >= 15 is 0 Å². The van der Waals surface area contributed by atoms with Gasteiger partial charge in [0, 0.05) is 18.5 Å². The Morgan fingerprint density at radius 2 is 1.87 bits per heavy atom. The van der Waals surface area contributed by atoms with Crippen LogP contribution in [0.25, 0.3) is 0 Å². The van der Waals surface area contributed by atoms with Gasteiger partial charge in [0.1, 0.15) is 0 Å². The van der Waals surface area contributed by atoms with Gasteiger partial charge in [0.15, 0.2) is 0 Å². The third-order valence-electron chi connectivity index (χ3n) is 2.91. The van der Waals surface area contributed by atoms with Crippen molar-refractivity contribution in [1.82, 2.24) is 5.32 Å². The van der Waals surface area contributed by atoms with E-state index in [1.807, 2.05) is 0 Å². The fraction of sp³-hybridized carbons (Fsp3) is 0.571. The molecule has 0 spiro atoms. The molecule has 1 N–H and O–H groups in total. The molecule has 0 saturated heterocycles. The van der Waals surface area contributed by atoms with Gasteiger partial charge in [0.25, 0.3) is 0 Å². The van der Waals surface area contributed by atoms with Gasteiger partial charge < -0.3 is 5.32 Å². The minimum Gasteiger partial charge on any atom is -0.313 e. The zero-order valence-corrected chi connectivity index (χ0v) is 9.96. The van der Waals surface area contributed by atoms with E-state index in [4.69, 9.17) is 0 Å². The number of hydrogen-bond acceptors (Lipinski definition) is 1. The maximum absolute atomic E-state index is 3.65. The average molecular weight is 203 g/mol. The summed E-state index contributed by atoms with van der Waals surface area (Å²) < 4.78 is 0. The molecule has 0 amide bonds. The Labute approximate surface area is 92.9 Å². The molecule has 1 aromatic rings. The highest BCUT2D eigenvalue weighted by molar-refractivity contribution is 5.27. The number of rotatable bonds is 3. The van der Waals surface area contributed by atoms with E-state index < -0.39 is 0 Å². The fourth-order valence-electron chi connectivity index (χ4n) is 1.93. The minimum absolute atomic E-state index is 0.393. The van der Waals surface area contributed by atoms with Gasteiger partial charge >= 0.3 is 0 Å². The van der Waals surface area contributed by atoms with Crippen LogP contribution in [0.4, 0.5) is 0 Å². The molecule has 0 aliphatic heterocycles. The molecule has 0 aromatic heterocycles. The first-order valence-corrected chi connectivity index (χ1v) is 5.84.